The number of aromatic nitrogens is 2. The van der Waals surface area contributed by atoms with Crippen LogP contribution in [0, 0.1) is 6.92 Å². The van der Waals surface area contributed by atoms with Gasteiger partial charge in [-0.2, -0.15) is 5.10 Å². The minimum absolute atomic E-state index is 0.0283. The monoisotopic (exact) mass is 303 g/mol. The topological polar surface area (TPSA) is 96.4 Å². The molecule has 7 nitrogen and oxygen atoms in total. The Morgan fingerprint density at radius 3 is 2.68 bits per heavy atom. The van der Waals surface area contributed by atoms with E-state index in [0.29, 0.717) is 0 Å². The fourth-order valence-corrected chi connectivity index (χ4v) is 1.75. The standard InChI is InChI=1S/C15H17N3O4/c1-11-7-17-18(8-11)9-13(16)14(19)22-15(20)21-10-12-5-3-2-4-6-12/h2-8,13H,9-10,16H2,1H3/t13-/m0/s1. The highest BCUT2D eigenvalue weighted by Gasteiger charge is 2.20. The maximum absolute atomic E-state index is 11.7. The Balaban J connectivity index is 1.76. The molecule has 0 amide bonds. The average molecular weight is 303 g/mol. The SMILES string of the molecule is Cc1cnn(C[C@H](N)C(=O)OC(=O)OCc2ccccc2)c1. The number of nitrogens with zero attached hydrogens (tertiary/aromatic N) is 2. The summed E-state index contributed by atoms with van der Waals surface area (Å²) in [6.07, 6.45) is 2.31. The first-order valence-electron chi connectivity index (χ1n) is 6.71. The van der Waals surface area contributed by atoms with Gasteiger partial charge in [-0.25, -0.2) is 9.59 Å². The van der Waals surface area contributed by atoms with Gasteiger partial charge in [-0.05, 0) is 18.1 Å². The van der Waals surface area contributed by atoms with Gasteiger partial charge in [0, 0.05) is 6.20 Å². The summed E-state index contributed by atoms with van der Waals surface area (Å²) in [5.74, 6) is -0.855. The Bertz CT molecular complexity index is 639. The van der Waals surface area contributed by atoms with Crippen LogP contribution in [0.25, 0.3) is 0 Å². The lowest BCUT2D eigenvalue weighted by Crippen LogP contribution is -2.37. The lowest BCUT2D eigenvalue weighted by atomic mass is 10.2. The Hall–Kier alpha value is -2.67. The largest absolute Gasteiger partial charge is 0.516 e. The van der Waals surface area contributed by atoms with Gasteiger partial charge < -0.3 is 15.2 Å². The van der Waals surface area contributed by atoms with Crippen molar-refractivity contribution in [3.8, 4) is 0 Å². The van der Waals surface area contributed by atoms with E-state index in [9.17, 15) is 9.59 Å². The molecule has 2 N–H and O–H groups in total. The molecule has 0 spiro atoms. The average Bonchev–Trinajstić information content (AvgIpc) is 2.91. The molecule has 0 aliphatic carbocycles. The molecule has 1 aromatic heterocycles. The molecule has 116 valence electrons. The van der Waals surface area contributed by atoms with Crippen molar-refractivity contribution in [1.82, 2.24) is 9.78 Å². The van der Waals surface area contributed by atoms with Crippen molar-refractivity contribution in [2.24, 2.45) is 5.73 Å². The Labute approximate surface area is 127 Å². The quantitative estimate of drug-likeness (QED) is 0.662. The molecule has 1 atom stereocenters. The first-order valence-corrected chi connectivity index (χ1v) is 6.71. The second-order valence-electron chi connectivity index (χ2n) is 4.79. The van der Waals surface area contributed by atoms with Crippen molar-refractivity contribution >= 4 is 12.1 Å². The number of carbonyl (C=O) groups excluding carboxylic acids is 2. The minimum atomic E-state index is -1.07. The normalized spacial score (nSPS) is 11.7. The summed E-state index contributed by atoms with van der Waals surface area (Å²) in [7, 11) is 0. The number of aryl methyl sites for hydroxylation is 1. The second-order valence-corrected chi connectivity index (χ2v) is 4.79. The summed E-state index contributed by atoms with van der Waals surface area (Å²) in [6, 6.07) is 8.07. The van der Waals surface area contributed by atoms with Crippen molar-refractivity contribution in [1.29, 1.82) is 0 Å². The molecular weight excluding hydrogens is 286 g/mol. The number of ether oxygens (including phenoxy) is 2. The van der Waals surface area contributed by atoms with E-state index in [0.717, 1.165) is 11.1 Å². The molecule has 0 saturated heterocycles. The predicted molar refractivity (Wildman–Crippen MR) is 77.7 cm³/mol. The molecule has 1 heterocycles. The van der Waals surface area contributed by atoms with Crippen molar-refractivity contribution in [2.45, 2.75) is 26.1 Å². The molecule has 0 unspecified atom stereocenters. The fraction of sp³-hybridized carbons (Fsp3) is 0.267. The van der Waals surface area contributed by atoms with Gasteiger partial charge in [-0.15, -0.1) is 0 Å². The molecule has 0 radical (unpaired) electrons. The van der Waals surface area contributed by atoms with E-state index < -0.39 is 18.2 Å². The zero-order chi connectivity index (χ0) is 15.9. The third-order valence-electron chi connectivity index (χ3n) is 2.83. The summed E-state index contributed by atoms with van der Waals surface area (Å²) in [6.45, 7) is 2.02. The fourth-order valence-electron chi connectivity index (χ4n) is 1.75. The highest BCUT2D eigenvalue weighted by atomic mass is 16.7. The third kappa shape index (κ3) is 4.71. The zero-order valence-corrected chi connectivity index (χ0v) is 12.1. The van der Waals surface area contributed by atoms with Crippen molar-refractivity contribution in [3.05, 3.63) is 53.9 Å². The molecular formula is C15H17N3O4. The number of esters is 1. The van der Waals surface area contributed by atoms with E-state index in [2.05, 4.69) is 9.84 Å². The van der Waals surface area contributed by atoms with Gasteiger partial charge in [0.05, 0.1) is 12.7 Å². The summed E-state index contributed by atoms with van der Waals surface area (Å²) >= 11 is 0. The molecule has 0 fully saturated rings. The number of rotatable bonds is 5. The summed E-state index contributed by atoms with van der Waals surface area (Å²) in [5, 5.41) is 4.01. The molecule has 0 saturated carbocycles. The van der Waals surface area contributed by atoms with Crippen LogP contribution in [-0.2, 0) is 27.4 Å². The van der Waals surface area contributed by atoms with Crippen LogP contribution in [0.1, 0.15) is 11.1 Å². The number of benzene rings is 1. The molecule has 22 heavy (non-hydrogen) atoms. The van der Waals surface area contributed by atoms with Crippen molar-refractivity contribution < 1.29 is 19.1 Å². The summed E-state index contributed by atoms with van der Waals surface area (Å²) in [4.78, 5) is 23.1. The Kier molecular flexibility index (Phi) is 5.26. The second kappa shape index (κ2) is 7.37. The van der Waals surface area contributed by atoms with Gasteiger partial charge in [-0.3, -0.25) is 4.68 Å². The van der Waals surface area contributed by atoms with Crippen LogP contribution in [0.4, 0.5) is 4.79 Å². The first-order chi connectivity index (χ1) is 10.5. The van der Waals surface area contributed by atoms with E-state index in [1.807, 2.05) is 25.1 Å². The predicted octanol–water partition coefficient (Wildman–Crippen LogP) is 1.40. The number of hydrogen-bond donors (Lipinski definition) is 1. The zero-order valence-electron chi connectivity index (χ0n) is 12.1. The minimum Gasteiger partial charge on any atom is -0.429 e. The molecule has 2 rings (SSSR count). The van der Waals surface area contributed by atoms with Crippen LogP contribution in [0.3, 0.4) is 0 Å². The highest BCUT2D eigenvalue weighted by Crippen LogP contribution is 2.03. The van der Waals surface area contributed by atoms with E-state index in [4.69, 9.17) is 10.5 Å². The van der Waals surface area contributed by atoms with E-state index in [-0.39, 0.29) is 13.2 Å². The smallest absolute Gasteiger partial charge is 0.429 e. The van der Waals surface area contributed by atoms with Gasteiger partial charge in [0.25, 0.3) is 0 Å². The van der Waals surface area contributed by atoms with Crippen LogP contribution < -0.4 is 5.73 Å². The van der Waals surface area contributed by atoms with Crippen LogP contribution in [0.15, 0.2) is 42.7 Å². The van der Waals surface area contributed by atoms with Crippen molar-refractivity contribution in [2.75, 3.05) is 0 Å². The molecule has 7 heteroatoms. The molecule has 2 aromatic rings. The van der Waals surface area contributed by atoms with Crippen LogP contribution >= 0.6 is 0 Å². The van der Waals surface area contributed by atoms with Crippen LogP contribution in [-0.4, -0.2) is 27.9 Å². The summed E-state index contributed by atoms with van der Waals surface area (Å²) < 4.78 is 10.9. The van der Waals surface area contributed by atoms with E-state index in [1.54, 1.807) is 24.5 Å². The van der Waals surface area contributed by atoms with Gasteiger partial charge in [-0.1, -0.05) is 30.3 Å². The molecule has 0 bridgehead atoms. The van der Waals surface area contributed by atoms with Crippen molar-refractivity contribution in [3.63, 3.8) is 0 Å². The van der Waals surface area contributed by atoms with Gasteiger partial charge in [0.15, 0.2) is 0 Å². The van der Waals surface area contributed by atoms with Gasteiger partial charge in [0.1, 0.15) is 12.6 Å². The Morgan fingerprint density at radius 1 is 1.32 bits per heavy atom. The summed E-state index contributed by atoms with van der Waals surface area (Å²) in [5.41, 5.74) is 7.41. The third-order valence-corrected chi connectivity index (χ3v) is 2.83. The molecule has 0 aliphatic heterocycles. The first kappa shape index (κ1) is 15.7. The maximum Gasteiger partial charge on any atom is 0.516 e. The number of hydrogen-bond acceptors (Lipinski definition) is 6. The van der Waals surface area contributed by atoms with E-state index >= 15 is 0 Å². The lowest BCUT2D eigenvalue weighted by Gasteiger charge is -2.10. The molecule has 1 aromatic carbocycles. The number of nitrogens with two attached hydrogens (primary N) is 1. The van der Waals surface area contributed by atoms with Crippen LogP contribution in [0.2, 0.25) is 0 Å². The van der Waals surface area contributed by atoms with E-state index in [1.165, 1.54) is 4.68 Å². The highest BCUT2D eigenvalue weighted by molar-refractivity contribution is 5.85. The lowest BCUT2D eigenvalue weighted by molar-refractivity contribution is -0.141. The maximum atomic E-state index is 11.7. The Morgan fingerprint density at radius 2 is 2.05 bits per heavy atom. The van der Waals surface area contributed by atoms with Crippen LogP contribution in [0.5, 0.6) is 0 Å². The van der Waals surface area contributed by atoms with Gasteiger partial charge in [0.2, 0.25) is 0 Å². The molecule has 0 aliphatic rings. The van der Waals surface area contributed by atoms with Gasteiger partial charge >= 0.3 is 12.1 Å². The number of carbonyl (C=O) groups is 2.